The molecule has 1 N–H and O–H groups in total. The van der Waals surface area contributed by atoms with E-state index in [2.05, 4.69) is 19.2 Å². The van der Waals surface area contributed by atoms with Gasteiger partial charge in [-0.05, 0) is 49.5 Å². The Morgan fingerprint density at radius 3 is 2.78 bits per heavy atom. The molecule has 1 atom stereocenters. The third-order valence-electron chi connectivity index (χ3n) is 3.46. The molecule has 0 aliphatic carbocycles. The molecule has 1 nitrogen and oxygen atoms in total. The minimum absolute atomic E-state index is 0.137. The number of benzene rings is 1. The van der Waals surface area contributed by atoms with Gasteiger partial charge in [-0.2, -0.15) is 0 Å². The van der Waals surface area contributed by atoms with E-state index in [1.807, 2.05) is 6.07 Å². The van der Waals surface area contributed by atoms with Crippen LogP contribution in [-0.4, -0.2) is 13.1 Å². The van der Waals surface area contributed by atoms with Crippen LogP contribution in [0.15, 0.2) is 24.3 Å². The lowest BCUT2D eigenvalue weighted by Crippen LogP contribution is -2.24. The molecular weight excluding hydrogens is 225 g/mol. The summed E-state index contributed by atoms with van der Waals surface area (Å²) in [4.78, 5) is 0. The molecule has 1 aromatic rings. The zero-order valence-electron chi connectivity index (χ0n) is 11.7. The molecule has 2 heteroatoms. The first kappa shape index (κ1) is 15.2. The van der Waals surface area contributed by atoms with Crippen molar-refractivity contribution >= 4 is 0 Å². The van der Waals surface area contributed by atoms with Gasteiger partial charge in [0, 0.05) is 0 Å². The van der Waals surface area contributed by atoms with Gasteiger partial charge in [-0.25, -0.2) is 4.39 Å². The topological polar surface area (TPSA) is 12.0 Å². The van der Waals surface area contributed by atoms with E-state index in [9.17, 15) is 4.39 Å². The molecule has 1 unspecified atom stereocenters. The highest BCUT2D eigenvalue weighted by Gasteiger charge is 2.04. The molecule has 1 rings (SSSR count). The van der Waals surface area contributed by atoms with E-state index >= 15 is 0 Å². The number of nitrogens with one attached hydrogen (secondary N) is 1. The van der Waals surface area contributed by atoms with Crippen molar-refractivity contribution in [1.29, 1.82) is 0 Å². The predicted octanol–water partition coefficient (Wildman–Crippen LogP) is 4.17. The predicted molar refractivity (Wildman–Crippen MR) is 76.3 cm³/mol. The maximum Gasteiger partial charge on any atom is 0.123 e. The highest BCUT2D eigenvalue weighted by molar-refractivity contribution is 5.16. The zero-order valence-corrected chi connectivity index (χ0v) is 11.7. The van der Waals surface area contributed by atoms with Crippen molar-refractivity contribution < 1.29 is 4.39 Å². The molecule has 18 heavy (non-hydrogen) atoms. The van der Waals surface area contributed by atoms with Gasteiger partial charge in [0.25, 0.3) is 0 Å². The second-order valence-corrected chi connectivity index (χ2v) is 5.00. The highest BCUT2D eigenvalue weighted by atomic mass is 19.1. The average Bonchev–Trinajstić information content (AvgIpc) is 2.38. The maximum absolute atomic E-state index is 13.0. The number of unbranched alkanes of at least 4 members (excludes halogenated alkanes) is 1. The van der Waals surface area contributed by atoms with Crippen LogP contribution < -0.4 is 5.32 Å². The van der Waals surface area contributed by atoms with E-state index < -0.39 is 0 Å². The van der Waals surface area contributed by atoms with Crippen LogP contribution in [0.1, 0.15) is 45.1 Å². The van der Waals surface area contributed by atoms with Crippen molar-refractivity contribution in [3.8, 4) is 0 Å². The average molecular weight is 251 g/mol. The van der Waals surface area contributed by atoms with Gasteiger partial charge in [-0.3, -0.25) is 0 Å². The summed E-state index contributed by atoms with van der Waals surface area (Å²) in [7, 11) is 0. The lowest BCUT2D eigenvalue weighted by molar-refractivity contribution is 0.421. The van der Waals surface area contributed by atoms with Gasteiger partial charge < -0.3 is 5.32 Å². The van der Waals surface area contributed by atoms with Gasteiger partial charge in [0.05, 0.1) is 0 Å². The molecule has 0 radical (unpaired) electrons. The zero-order chi connectivity index (χ0) is 13.2. The number of rotatable bonds is 9. The maximum atomic E-state index is 13.0. The first-order valence-corrected chi connectivity index (χ1v) is 7.21. The molecule has 0 fully saturated rings. The van der Waals surface area contributed by atoms with E-state index in [0.717, 1.165) is 31.0 Å². The molecule has 1 aromatic carbocycles. The van der Waals surface area contributed by atoms with Gasteiger partial charge in [-0.1, -0.05) is 45.2 Å². The second kappa shape index (κ2) is 9.09. The Hall–Kier alpha value is -0.890. The summed E-state index contributed by atoms with van der Waals surface area (Å²) in [6.07, 6.45) is 6.07. The third-order valence-corrected chi connectivity index (χ3v) is 3.46. The quantitative estimate of drug-likeness (QED) is 0.649. The van der Waals surface area contributed by atoms with Gasteiger partial charge in [0.15, 0.2) is 0 Å². The molecule has 0 amide bonds. The fourth-order valence-electron chi connectivity index (χ4n) is 2.17. The van der Waals surface area contributed by atoms with Crippen molar-refractivity contribution in [2.45, 2.75) is 46.0 Å². The van der Waals surface area contributed by atoms with Crippen LogP contribution in [-0.2, 0) is 6.42 Å². The van der Waals surface area contributed by atoms with E-state index in [0.29, 0.717) is 0 Å². The summed E-state index contributed by atoms with van der Waals surface area (Å²) in [5.74, 6) is 0.652. The lowest BCUT2D eigenvalue weighted by Gasteiger charge is -2.15. The van der Waals surface area contributed by atoms with Crippen LogP contribution in [0.5, 0.6) is 0 Å². The molecule has 0 spiro atoms. The molecule has 0 aliphatic rings. The fraction of sp³-hybridized carbons (Fsp3) is 0.625. The first-order valence-electron chi connectivity index (χ1n) is 7.21. The standard InChI is InChI=1S/C16H26FN/c1-3-5-7-14(4-2)13-18-11-10-15-8-6-9-16(17)12-15/h6,8-9,12,14,18H,3-5,7,10-11,13H2,1-2H3. The molecular formula is C16H26FN. The number of hydrogen-bond acceptors (Lipinski definition) is 1. The van der Waals surface area contributed by atoms with Crippen LogP contribution in [0.4, 0.5) is 4.39 Å². The van der Waals surface area contributed by atoms with Crippen molar-refractivity contribution in [1.82, 2.24) is 5.32 Å². The summed E-state index contributed by atoms with van der Waals surface area (Å²) >= 11 is 0. The lowest BCUT2D eigenvalue weighted by atomic mass is 9.99. The largest absolute Gasteiger partial charge is 0.316 e. The van der Waals surface area contributed by atoms with E-state index in [-0.39, 0.29) is 5.82 Å². The summed E-state index contributed by atoms with van der Waals surface area (Å²) < 4.78 is 13.0. The Balaban J connectivity index is 2.17. The molecule has 0 aromatic heterocycles. The molecule has 0 saturated carbocycles. The number of hydrogen-bond donors (Lipinski definition) is 1. The molecule has 0 saturated heterocycles. The van der Waals surface area contributed by atoms with Crippen LogP contribution >= 0.6 is 0 Å². The summed E-state index contributed by atoms with van der Waals surface area (Å²) in [5, 5.41) is 3.49. The molecule has 102 valence electrons. The van der Waals surface area contributed by atoms with Gasteiger partial charge in [0.1, 0.15) is 5.82 Å². The van der Waals surface area contributed by atoms with Crippen molar-refractivity contribution in [3.63, 3.8) is 0 Å². The summed E-state index contributed by atoms with van der Waals surface area (Å²) in [5.41, 5.74) is 1.07. The Kier molecular flexibility index (Phi) is 7.66. The molecule has 0 aliphatic heterocycles. The second-order valence-electron chi connectivity index (χ2n) is 5.00. The fourth-order valence-corrected chi connectivity index (χ4v) is 2.17. The molecule has 0 heterocycles. The van der Waals surface area contributed by atoms with Crippen LogP contribution in [0.3, 0.4) is 0 Å². The van der Waals surface area contributed by atoms with Crippen molar-refractivity contribution in [2.75, 3.05) is 13.1 Å². The minimum Gasteiger partial charge on any atom is -0.316 e. The highest BCUT2D eigenvalue weighted by Crippen LogP contribution is 2.11. The third kappa shape index (κ3) is 6.15. The normalized spacial score (nSPS) is 12.6. The van der Waals surface area contributed by atoms with Gasteiger partial charge >= 0.3 is 0 Å². The van der Waals surface area contributed by atoms with Crippen molar-refractivity contribution in [2.24, 2.45) is 5.92 Å². The molecule has 0 bridgehead atoms. The van der Waals surface area contributed by atoms with Crippen LogP contribution in [0.25, 0.3) is 0 Å². The minimum atomic E-state index is -0.137. The Morgan fingerprint density at radius 2 is 2.11 bits per heavy atom. The SMILES string of the molecule is CCCCC(CC)CNCCc1cccc(F)c1. The number of halogens is 1. The van der Waals surface area contributed by atoms with Gasteiger partial charge in [-0.15, -0.1) is 0 Å². The van der Waals surface area contributed by atoms with Crippen LogP contribution in [0.2, 0.25) is 0 Å². The van der Waals surface area contributed by atoms with Gasteiger partial charge in [0.2, 0.25) is 0 Å². The smallest absolute Gasteiger partial charge is 0.123 e. The summed E-state index contributed by atoms with van der Waals surface area (Å²) in [6.45, 7) is 6.52. The van der Waals surface area contributed by atoms with E-state index in [1.54, 1.807) is 12.1 Å². The van der Waals surface area contributed by atoms with E-state index in [1.165, 1.54) is 31.7 Å². The Morgan fingerprint density at radius 1 is 1.28 bits per heavy atom. The summed E-state index contributed by atoms with van der Waals surface area (Å²) in [6, 6.07) is 6.88. The Labute approximate surface area is 111 Å². The monoisotopic (exact) mass is 251 g/mol. The Bertz CT molecular complexity index is 325. The van der Waals surface area contributed by atoms with Crippen LogP contribution in [0, 0.1) is 11.7 Å². The van der Waals surface area contributed by atoms with Crippen molar-refractivity contribution in [3.05, 3.63) is 35.6 Å². The first-order chi connectivity index (χ1) is 8.76. The van der Waals surface area contributed by atoms with E-state index in [4.69, 9.17) is 0 Å².